The third-order valence-corrected chi connectivity index (χ3v) is 4.10. The summed E-state index contributed by atoms with van der Waals surface area (Å²) in [7, 11) is 0. The molecule has 0 unspecified atom stereocenters. The normalized spacial score (nSPS) is 10.4. The summed E-state index contributed by atoms with van der Waals surface area (Å²) in [5.41, 5.74) is 2.66. The van der Waals surface area contributed by atoms with Crippen LogP contribution in [0.5, 0.6) is 0 Å². The van der Waals surface area contributed by atoms with Crippen molar-refractivity contribution in [2.24, 2.45) is 0 Å². The van der Waals surface area contributed by atoms with Gasteiger partial charge in [-0.15, -0.1) is 0 Å². The molecule has 1 aromatic heterocycles. The van der Waals surface area contributed by atoms with Crippen molar-refractivity contribution in [3.63, 3.8) is 0 Å². The summed E-state index contributed by atoms with van der Waals surface area (Å²) in [6, 6.07) is 15.7. The highest BCUT2D eigenvalue weighted by Gasteiger charge is 2.07. The molecule has 3 aromatic rings. The van der Waals surface area contributed by atoms with Gasteiger partial charge in [-0.2, -0.15) is 0 Å². The van der Waals surface area contributed by atoms with E-state index in [1.54, 1.807) is 30.3 Å². The molecule has 27 heavy (non-hydrogen) atoms. The van der Waals surface area contributed by atoms with Gasteiger partial charge in [0.25, 0.3) is 5.91 Å². The number of aromatic nitrogens is 1. The molecule has 3 rings (SSSR count). The van der Waals surface area contributed by atoms with Crippen molar-refractivity contribution in [3.05, 3.63) is 94.3 Å². The van der Waals surface area contributed by atoms with Gasteiger partial charge in [-0.1, -0.05) is 30.8 Å². The highest BCUT2D eigenvalue weighted by molar-refractivity contribution is 5.94. The molecular weight excluding hydrogens is 342 g/mol. The number of nitrogens with one attached hydrogen (secondary N) is 3. The van der Waals surface area contributed by atoms with Gasteiger partial charge in [0.2, 0.25) is 5.91 Å². The first-order chi connectivity index (χ1) is 13.1. The molecule has 0 aliphatic heterocycles. The van der Waals surface area contributed by atoms with E-state index in [0.717, 1.165) is 11.1 Å². The molecule has 6 heteroatoms. The molecule has 0 spiro atoms. The van der Waals surface area contributed by atoms with Crippen molar-refractivity contribution in [3.8, 4) is 0 Å². The van der Waals surface area contributed by atoms with E-state index in [-0.39, 0.29) is 23.8 Å². The van der Waals surface area contributed by atoms with Crippen molar-refractivity contribution in [2.75, 3.05) is 0 Å². The molecule has 0 radical (unpaired) electrons. The number of rotatable bonds is 6. The maximum absolute atomic E-state index is 12.3. The lowest BCUT2D eigenvalue weighted by atomic mass is 10.1. The van der Waals surface area contributed by atoms with Gasteiger partial charge in [0.1, 0.15) is 0 Å². The van der Waals surface area contributed by atoms with Crippen LogP contribution in [0.15, 0.2) is 72.0 Å². The number of amides is 2. The van der Waals surface area contributed by atoms with Crippen molar-refractivity contribution >= 4 is 22.7 Å². The van der Waals surface area contributed by atoms with Gasteiger partial charge in [0, 0.05) is 34.8 Å². The van der Waals surface area contributed by atoms with Crippen LogP contribution in [-0.4, -0.2) is 16.8 Å². The number of H-pyrrole nitrogens is 1. The topological polar surface area (TPSA) is 91.1 Å². The lowest BCUT2D eigenvalue weighted by Gasteiger charge is -2.08. The Morgan fingerprint density at radius 1 is 1.00 bits per heavy atom. The number of hydrogen-bond acceptors (Lipinski definition) is 3. The van der Waals surface area contributed by atoms with Crippen LogP contribution in [-0.2, 0) is 17.9 Å². The number of carbonyl (C=O) groups excluding carboxylic acids is 2. The highest BCUT2D eigenvalue weighted by atomic mass is 16.2. The van der Waals surface area contributed by atoms with Gasteiger partial charge >= 0.3 is 0 Å². The molecule has 2 amide bonds. The third kappa shape index (κ3) is 4.49. The van der Waals surface area contributed by atoms with Gasteiger partial charge in [-0.3, -0.25) is 14.4 Å². The van der Waals surface area contributed by atoms with Gasteiger partial charge in [0.15, 0.2) is 5.43 Å². The zero-order chi connectivity index (χ0) is 19.2. The van der Waals surface area contributed by atoms with E-state index < -0.39 is 0 Å². The summed E-state index contributed by atoms with van der Waals surface area (Å²) in [5.74, 6) is -0.494. The fourth-order valence-electron chi connectivity index (χ4n) is 2.66. The Balaban J connectivity index is 1.63. The first kappa shape index (κ1) is 18.1. The zero-order valence-electron chi connectivity index (χ0n) is 14.6. The second-order valence-corrected chi connectivity index (χ2v) is 6.01. The molecule has 6 nitrogen and oxygen atoms in total. The van der Waals surface area contributed by atoms with Crippen molar-refractivity contribution in [1.82, 2.24) is 15.6 Å². The summed E-state index contributed by atoms with van der Waals surface area (Å²) in [4.78, 5) is 38.7. The van der Waals surface area contributed by atoms with Gasteiger partial charge in [-0.05, 0) is 35.9 Å². The lowest BCUT2D eigenvalue weighted by Crippen LogP contribution is -2.24. The molecule has 2 aromatic carbocycles. The maximum Gasteiger partial charge on any atom is 0.251 e. The van der Waals surface area contributed by atoms with Crippen molar-refractivity contribution in [1.29, 1.82) is 0 Å². The molecule has 0 saturated carbocycles. The molecule has 3 N–H and O–H groups in total. The molecule has 136 valence electrons. The summed E-state index contributed by atoms with van der Waals surface area (Å²) in [6.07, 6.45) is 1.21. The molecule has 0 atom stereocenters. The van der Waals surface area contributed by atoms with Gasteiger partial charge < -0.3 is 15.6 Å². The Bertz CT molecular complexity index is 1050. The van der Waals surface area contributed by atoms with E-state index >= 15 is 0 Å². The number of fused-ring (bicyclic) bond motifs is 1. The number of para-hydroxylation sites is 1. The number of aromatic amines is 1. The Kier molecular flexibility index (Phi) is 5.47. The Morgan fingerprint density at radius 3 is 2.48 bits per heavy atom. The highest BCUT2D eigenvalue weighted by Crippen LogP contribution is 2.08. The van der Waals surface area contributed by atoms with Crippen LogP contribution in [0, 0.1) is 0 Å². The predicted octanol–water partition coefficient (Wildman–Crippen LogP) is 2.26. The predicted molar refractivity (Wildman–Crippen MR) is 104 cm³/mol. The van der Waals surface area contributed by atoms with E-state index in [1.165, 1.54) is 12.1 Å². The SMILES string of the molecule is C=CC(=O)NCc1ccc(C(=O)NCc2cc(=O)c3ccccc3[nH]2)cc1. The molecule has 0 saturated heterocycles. The maximum atomic E-state index is 12.3. The average Bonchev–Trinajstić information content (AvgIpc) is 2.70. The van der Waals surface area contributed by atoms with Crippen LogP contribution in [0.25, 0.3) is 10.9 Å². The summed E-state index contributed by atoms with van der Waals surface area (Å²) < 4.78 is 0. The molecule has 0 aliphatic rings. The van der Waals surface area contributed by atoms with Crippen LogP contribution >= 0.6 is 0 Å². The van der Waals surface area contributed by atoms with Crippen LogP contribution in [0.1, 0.15) is 21.6 Å². The summed E-state index contributed by atoms with van der Waals surface area (Å²) in [6.45, 7) is 3.98. The zero-order valence-corrected chi connectivity index (χ0v) is 14.6. The molecule has 0 aliphatic carbocycles. The average molecular weight is 361 g/mol. The fourth-order valence-corrected chi connectivity index (χ4v) is 2.66. The standard InChI is InChI=1S/C21H19N3O3/c1-2-20(26)22-12-14-7-9-15(10-8-14)21(27)23-13-16-11-19(25)17-5-3-4-6-18(17)24-16/h2-11H,1,12-13H2,(H,22,26)(H,23,27)(H,24,25). The quantitative estimate of drug-likeness (QED) is 0.588. The first-order valence-corrected chi connectivity index (χ1v) is 8.45. The van der Waals surface area contributed by atoms with Crippen LogP contribution < -0.4 is 16.1 Å². The van der Waals surface area contributed by atoms with Crippen molar-refractivity contribution in [2.45, 2.75) is 13.1 Å². The molecular formula is C21H19N3O3. The van der Waals surface area contributed by atoms with Gasteiger partial charge in [-0.25, -0.2) is 0 Å². The van der Waals surface area contributed by atoms with E-state index in [1.807, 2.05) is 18.2 Å². The van der Waals surface area contributed by atoms with Crippen LogP contribution in [0.4, 0.5) is 0 Å². The largest absolute Gasteiger partial charge is 0.357 e. The fraction of sp³-hybridized carbons (Fsp3) is 0.0952. The Morgan fingerprint density at radius 2 is 1.74 bits per heavy atom. The number of carbonyl (C=O) groups is 2. The minimum Gasteiger partial charge on any atom is -0.357 e. The molecule has 0 fully saturated rings. The third-order valence-electron chi connectivity index (χ3n) is 4.10. The molecule has 0 bridgehead atoms. The first-order valence-electron chi connectivity index (χ1n) is 8.45. The summed E-state index contributed by atoms with van der Waals surface area (Å²) >= 11 is 0. The van der Waals surface area contributed by atoms with E-state index in [0.29, 0.717) is 23.2 Å². The number of pyridine rings is 1. The molecule has 1 heterocycles. The second kappa shape index (κ2) is 8.14. The van der Waals surface area contributed by atoms with Gasteiger partial charge in [0.05, 0.1) is 6.54 Å². The minimum absolute atomic E-state index is 0.0838. The Hall–Kier alpha value is -3.67. The summed E-state index contributed by atoms with van der Waals surface area (Å²) in [5, 5.41) is 6.08. The van der Waals surface area contributed by atoms with E-state index in [4.69, 9.17) is 0 Å². The van der Waals surface area contributed by atoms with Crippen molar-refractivity contribution < 1.29 is 9.59 Å². The van der Waals surface area contributed by atoms with Crippen LogP contribution in [0.2, 0.25) is 0 Å². The Labute approximate surface area is 155 Å². The smallest absolute Gasteiger partial charge is 0.251 e. The number of hydrogen-bond donors (Lipinski definition) is 3. The van der Waals surface area contributed by atoms with Crippen LogP contribution in [0.3, 0.4) is 0 Å². The lowest BCUT2D eigenvalue weighted by molar-refractivity contribution is -0.116. The second-order valence-electron chi connectivity index (χ2n) is 6.01. The van der Waals surface area contributed by atoms with E-state index in [2.05, 4.69) is 22.2 Å². The minimum atomic E-state index is -0.249. The monoisotopic (exact) mass is 361 g/mol. The number of benzene rings is 2. The van der Waals surface area contributed by atoms with E-state index in [9.17, 15) is 14.4 Å².